The first-order chi connectivity index (χ1) is 12.0. The average molecular weight is 363 g/mol. The number of methoxy groups -OCH3 is 1. The Bertz CT molecular complexity index is 780. The Kier molecular flexibility index (Phi) is 6.36. The first-order valence-electron chi connectivity index (χ1n) is 7.16. The van der Waals surface area contributed by atoms with E-state index in [-0.39, 0.29) is 5.56 Å². The molecular weight excluding hydrogens is 348 g/mol. The molecule has 0 aliphatic carbocycles. The Balaban J connectivity index is 1.85. The van der Waals surface area contributed by atoms with Crippen LogP contribution in [0.2, 0.25) is 5.02 Å². The van der Waals surface area contributed by atoms with Crippen molar-refractivity contribution in [1.29, 1.82) is 0 Å². The highest BCUT2D eigenvalue weighted by Gasteiger charge is 2.15. The van der Waals surface area contributed by atoms with Gasteiger partial charge in [0.05, 0.1) is 18.2 Å². The number of benzene rings is 2. The van der Waals surface area contributed by atoms with E-state index in [1.54, 1.807) is 36.4 Å². The molecule has 0 fully saturated rings. The summed E-state index contributed by atoms with van der Waals surface area (Å²) in [6, 6.07) is 12.7. The Morgan fingerprint density at radius 1 is 1.04 bits per heavy atom. The van der Waals surface area contributed by atoms with Crippen LogP contribution in [0.4, 0.5) is 0 Å². The van der Waals surface area contributed by atoms with Crippen LogP contribution in [0.25, 0.3) is 0 Å². The van der Waals surface area contributed by atoms with Crippen LogP contribution < -0.4 is 15.6 Å². The fraction of sp³-hybridized carbons (Fsp3) is 0.118. The number of nitrogens with one attached hydrogen (secondary N) is 2. The summed E-state index contributed by atoms with van der Waals surface area (Å²) in [4.78, 5) is 35.5. The fourth-order valence-corrected chi connectivity index (χ4v) is 2.05. The smallest absolute Gasteiger partial charge is 0.338 e. The highest BCUT2D eigenvalue weighted by molar-refractivity contribution is 6.31. The third-order valence-electron chi connectivity index (χ3n) is 3.07. The van der Waals surface area contributed by atoms with Crippen molar-refractivity contribution in [3.8, 4) is 5.75 Å². The number of amides is 2. The van der Waals surface area contributed by atoms with E-state index in [9.17, 15) is 14.4 Å². The highest BCUT2D eigenvalue weighted by atomic mass is 35.5. The maximum atomic E-state index is 12.1. The standard InChI is InChI=1S/C17H15ClN2O5/c1-24-14-8-7-12(18)9-13(14)16(22)20-19-15(21)10-25-17(23)11-5-3-2-4-6-11/h2-9H,10H2,1H3,(H,19,21)(H,20,22). The largest absolute Gasteiger partial charge is 0.496 e. The molecule has 0 heterocycles. The van der Waals surface area contributed by atoms with E-state index >= 15 is 0 Å². The maximum absolute atomic E-state index is 12.1. The Hall–Kier alpha value is -3.06. The van der Waals surface area contributed by atoms with Gasteiger partial charge in [-0.3, -0.25) is 20.4 Å². The summed E-state index contributed by atoms with van der Waals surface area (Å²) < 4.78 is 9.90. The van der Waals surface area contributed by atoms with E-state index in [1.807, 2.05) is 0 Å². The Morgan fingerprint density at radius 3 is 2.44 bits per heavy atom. The Morgan fingerprint density at radius 2 is 1.76 bits per heavy atom. The SMILES string of the molecule is COc1ccc(Cl)cc1C(=O)NNC(=O)COC(=O)c1ccccc1. The van der Waals surface area contributed by atoms with E-state index in [0.29, 0.717) is 16.3 Å². The number of hydrogen-bond donors (Lipinski definition) is 2. The zero-order valence-corrected chi connectivity index (χ0v) is 14.0. The second kappa shape index (κ2) is 8.70. The third-order valence-corrected chi connectivity index (χ3v) is 3.30. The zero-order chi connectivity index (χ0) is 18.2. The van der Waals surface area contributed by atoms with Crippen LogP contribution in [0.1, 0.15) is 20.7 Å². The topological polar surface area (TPSA) is 93.7 Å². The first-order valence-corrected chi connectivity index (χ1v) is 7.54. The van der Waals surface area contributed by atoms with Crippen LogP contribution in [0.5, 0.6) is 5.75 Å². The van der Waals surface area contributed by atoms with Crippen LogP contribution >= 0.6 is 11.6 Å². The highest BCUT2D eigenvalue weighted by Crippen LogP contribution is 2.22. The van der Waals surface area contributed by atoms with Crippen molar-refractivity contribution in [3.05, 3.63) is 64.7 Å². The number of hydrazine groups is 1. The lowest BCUT2D eigenvalue weighted by atomic mass is 10.2. The molecule has 0 aliphatic rings. The van der Waals surface area contributed by atoms with E-state index in [2.05, 4.69) is 10.9 Å². The normalized spacial score (nSPS) is 9.84. The summed E-state index contributed by atoms with van der Waals surface area (Å²) in [5.74, 6) is -1.66. The predicted molar refractivity (Wildman–Crippen MR) is 90.3 cm³/mol. The second-order valence-electron chi connectivity index (χ2n) is 4.79. The summed E-state index contributed by atoms with van der Waals surface area (Å²) in [5, 5.41) is 0.342. The van der Waals surface area contributed by atoms with Crippen molar-refractivity contribution in [3.63, 3.8) is 0 Å². The number of carbonyl (C=O) groups excluding carboxylic acids is 3. The van der Waals surface area contributed by atoms with Crippen LogP contribution in [0, 0.1) is 0 Å². The van der Waals surface area contributed by atoms with Gasteiger partial charge in [0.25, 0.3) is 11.8 Å². The zero-order valence-electron chi connectivity index (χ0n) is 13.2. The van der Waals surface area contributed by atoms with Gasteiger partial charge in [-0.05, 0) is 30.3 Å². The van der Waals surface area contributed by atoms with Crippen LogP contribution in [-0.2, 0) is 9.53 Å². The summed E-state index contributed by atoms with van der Waals surface area (Å²) in [7, 11) is 1.40. The van der Waals surface area contributed by atoms with Gasteiger partial charge in [-0.25, -0.2) is 4.79 Å². The number of ether oxygens (including phenoxy) is 2. The number of esters is 1. The van der Waals surface area contributed by atoms with Gasteiger partial charge in [-0.2, -0.15) is 0 Å². The van der Waals surface area contributed by atoms with Gasteiger partial charge in [-0.1, -0.05) is 29.8 Å². The molecule has 0 radical (unpaired) electrons. The predicted octanol–water partition coefficient (Wildman–Crippen LogP) is 1.97. The second-order valence-corrected chi connectivity index (χ2v) is 5.23. The minimum atomic E-state index is -0.696. The van der Waals surface area contributed by atoms with Crippen molar-refractivity contribution >= 4 is 29.4 Å². The average Bonchev–Trinajstić information content (AvgIpc) is 2.64. The molecule has 0 bridgehead atoms. The molecule has 0 saturated carbocycles. The van der Waals surface area contributed by atoms with Gasteiger partial charge in [-0.15, -0.1) is 0 Å². The lowest BCUT2D eigenvalue weighted by molar-refractivity contribution is -0.125. The molecule has 2 rings (SSSR count). The monoisotopic (exact) mass is 362 g/mol. The molecule has 0 unspecified atom stereocenters. The van der Waals surface area contributed by atoms with E-state index in [4.69, 9.17) is 21.1 Å². The van der Waals surface area contributed by atoms with Crippen molar-refractivity contribution in [1.82, 2.24) is 10.9 Å². The van der Waals surface area contributed by atoms with Crippen LogP contribution in [-0.4, -0.2) is 31.5 Å². The number of carbonyl (C=O) groups is 3. The molecule has 2 amide bonds. The van der Waals surface area contributed by atoms with E-state index in [0.717, 1.165) is 0 Å². The molecule has 0 aliphatic heterocycles. The fourth-order valence-electron chi connectivity index (χ4n) is 1.88. The van der Waals surface area contributed by atoms with Crippen molar-refractivity contribution in [2.75, 3.05) is 13.7 Å². The van der Waals surface area contributed by atoms with Gasteiger partial charge in [0.1, 0.15) is 5.75 Å². The molecule has 25 heavy (non-hydrogen) atoms. The molecule has 2 aromatic rings. The lowest BCUT2D eigenvalue weighted by Gasteiger charge is -2.11. The molecule has 7 nitrogen and oxygen atoms in total. The van der Waals surface area contributed by atoms with Crippen molar-refractivity contribution in [2.24, 2.45) is 0 Å². The third kappa shape index (κ3) is 5.22. The van der Waals surface area contributed by atoms with Crippen molar-refractivity contribution < 1.29 is 23.9 Å². The molecule has 0 spiro atoms. The van der Waals surface area contributed by atoms with Crippen LogP contribution in [0.15, 0.2) is 48.5 Å². The first kappa shape index (κ1) is 18.3. The number of hydrogen-bond acceptors (Lipinski definition) is 5. The number of halogens is 1. The van der Waals surface area contributed by atoms with Crippen molar-refractivity contribution in [2.45, 2.75) is 0 Å². The van der Waals surface area contributed by atoms with Gasteiger partial charge >= 0.3 is 5.97 Å². The van der Waals surface area contributed by atoms with Crippen LogP contribution in [0.3, 0.4) is 0 Å². The lowest BCUT2D eigenvalue weighted by Crippen LogP contribution is -2.43. The quantitative estimate of drug-likeness (QED) is 0.626. The molecule has 0 aromatic heterocycles. The summed E-state index contributed by atoms with van der Waals surface area (Å²) in [5.41, 5.74) is 4.81. The molecule has 130 valence electrons. The number of rotatable bonds is 5. The molecule has 8 heteroatoms. The summed E-state index contributed by atoms with van der Waals surface area (Å²) in [6.45, 7) is -0.541. The Labute approximate surface area is 148 Å². The minimum absolute atomic E-state index is 0.150. The van der Waals surface area contributed by atoms with E-state index < -0.39 is 24.4 Å². The van der Waals surface area contributed by atoms with Gasteiger partial charge in [0, 0.05) is 5.02 Å². The van der Waals surface area contributed by atoms with E-state index in [1.165, 1.54) is 19.2 Å². The van der Waals surface area contributed by atoms with Gasteiger partial charge in [0.15, 0.2) is 6.61 Å². The molecule has 2 aromatic carbocycles. The molecule has 0 atom stereocenters. The molecular formula is C17H15ClN2O5. The maximum Gasteiger partial charge on any atom is 0.338 e. The molecule has 2 N–H and O–H groups in total. The molecule has 0 saturated heterocycles. The van der Waals surface area contributed by atoms with Gasteiger partial charge < -0.3 is 9.47 Å². The minimum Gasteiger partial charge on any atom is -0.496 e. The summed E-state index contributed by atoms with van der Waals surface area (Å²) >= 11 is 5.84. The van der Waals surface area contributed by atoms with Gasteiger partial charge in [0.2, 0.25) is 0 Å². The summed E-state index contributed by atoms with van der Waals surface area (Å²) in [6.07, 6.45) is 0.